The maximum atomic E-state index is 5.84. The monoisotopic (exact) mass is 263 g/mol. The second-order valence-corrected chi connectivity index (χ2v) is 6.30. The zero-order valence-electron chi connectivity index (χ0n) is 12.2. The SMILES string of the molecule is CC(C)(C)NC(N)=NCc1ccn(C2CCCC2)n1. The highest BCUT2D eigenvalue weighted by atomic mass is 15.3. The van der Waals surface area contributed by atoms with E-state index in [9.17, 15) is 0 Å². The summed E-state index contributed by atoms with van der Waals surface area (Å²) in [5.74, 6) is 0.475. The van der Waals surface area contributed by atoms with E-state index >= 15 is 0 Å². The van der Waals surface area contributed by atoms with Crippen LogP contribution in [0.5, 0.6) is 0 Å². The van der Waals surface area contributed by atoms with Gasteiger partial charge in [-0.3, -0.25) is 4.68 Å². The normalized spacial score (nSPS) is 17.9. The fourth-order valence-corrected chi connectivity index (χ4v) is 2.42. The quantitative estimate of drug-likeness (QED) is 0.649. The minimum absolute atomic E-state index is 0.0587. The molecule has 0 radical (unpaired) electrons. The number of nitrogens with zero attached hydrogens (tertiary/aromatic N) is 3. The second-order valence-electron chi connectivity index (χ2n) is 6.30. The standard InChI is InChI=1S/C14H25N5/c1-14(2,3)17-13(15)16-10-11-8-9-19(18-11)12-6-4-5-7-12/h8-9,12H,4-7,10H2,1-3H3,(H3,15,16,17). The molecule has 106 valence electrons. The molecule has 1 aliphatic carbocycles. The van der Waals surface area contributed by atoms with Crippen molar-refractivity contribution in [3.05, 3.63) is 18.0 Å². The number of rotatable bonds is 3. The van der Waals surface area contributed by atoms with Gasteiger partial charge in [-0.25, -0.2) is 4.99 Å². The summed E-state index contributed by atoms with van der Waals surface area (Å²) in [5, 5.41) is 7.73. The average molecular weight is 263 g/mol. The largest absolute Gasteiger partial charge is 0.370 e. The number of nitrogens with two attached hydrogens (primary N) is 1. The summed E-state index contributed by atoms with van der Waals surface area (Å²) < 4.78 is 2.09. The Hall–Kier alpha value is -1.52. The molecular weight excluding hydrogens is 238 g/mol. The molecule has 0 amide bonds. The first-order valence-corrected chi connectivity index (χ1v) is 7.06. The van der Waals surface area contributed by atoms with E-state index in [0.29, 0.717) is 18.5 Å². The van der Waals surface area contributed by atoms with Gasteiger partial charge in [0.25, 0.3) is 0 Å². The van der Waals surface area contributed by atoms with Gasteiger partial charge < -0.3 is 11.1 Å². The Labute approximate surface area is 115 Å². The molecule has 1 heterocycles. The number of nitrogens with one attached hydrogen (secondary N) is 1. The van der Waals surface area contributed by atoms with Crippen molar-refractivity contribution in [1.29, 1.82) is 0 Å². The van der Waals surface area contributed by atoms with E-state index in [1.165, 1.54) is 25.7 Å². The van der Waals surface area contributed by atoms with Crippen LogP contribution in [-0.2, 0) is 6.54 Å². The van der Waals surface area contributed by atoms with Gasteiger partial charge in [-0.15, -0.1) is 0 Å². The van der Waals surface area contributed by atoms with Crippen LogP contribution in [0.3, 0.4) is 0 Å². The molecule has 0 bridgehead atoms. The van der Waals surface area contributed by atoms with Gasteiger partial charge >= 0.3 is 0 Å². The third-order valence-electron chi connectivity index (χ3n) is 3.28. The summed E-state index contributed by atoms with van der Waals surface area (Å²) >= 11 is 0. The topological polar surface area (TPSA) is 68.2 Å². The van der Waals surface area contributed by atoms with Gasteiger partial charge in [-0.05, 0) is 39.7 Å². The Morgan fingerprint density at radius 2 is 2.16 bits per heavy atom. The highest BCUT2D eigenvalue weighted by Crippen LogP contribution is 2.28. The predicted molar refractivity (Wildman–Crippen MR) is 77.9 cm³/mol. The average Bonchev–Trinajstić information content (AvgIpc) is 2.95. The van der Waals surface area contributed by atoms with E-state index in [1.54, 1.807) is 0 Å². The molecule has 0 unspecified atom stereocenters. The van der Waals surface area contributed by atoms with Gasteiger partial charge in [-0.1, -0.05) is 12.8 Å². The fraction of sp³-hybridized carbons (Fsp3) is 0.714. The molecule has 3 N–H and O–H groups in total. The minimum atomic E-state index is -0.0587. The van der Waals surface area contributed by atoms with Gasteiger partial charge in [0.2, 0.25) is 0 Å². The van der Waals surface area contributed by atoms with Crippen molar-refractivity contribution < 1.29 is 0 Å². The lowest BCUT2D eigenvalue weighted by Crippen LogP contribution is -2.44. The van der Waals surface area contributed by atoms with Gasteiger partial charge in [0.15, 0.2) is 5.96 Å². The van der Waals surface area contributed by atoms with Crippen LogP contribution in [-0.4, -0.2) is 21.3 Å². The lowest BCUT2D eigenvalue weighted by Gasteiger charge is -2.20. The zero-order chi connectivity index (χ0) is 13.9. The van der Waals surface area contributed by atoms with E-state index in [-0.39, 0.29) is 5.54 Å². The van der Waals surface area contributed by atoms with Crippen LogP contribution in [0.25, 0.3) is 0 Å². The zero-order valence-corrected chi connectivity index (χ0v) is 12.2. The molecule has 1 aromatic heterocycles. The molecule has 0 aromatic carbocycles. The van der Waals surface area contributed by atoms with Crippen LogP contribution in [0.2, 0.25) is 0 Å². The van der Waals surface area contributed by atoms with Crippen molar-refractivity contribution in [2.45, 2.75) is 64.6 Å². The summed E-state index contributed by atoms with van der Waals surface area (Å²) in [6.07, 6.45) is 7.20. The molecule has 5 heteroatoms. The molecule has 0 spiro atoms. The van der Waals surface area contributed by atoms with Gasteiger partial charge in [0.05, 0.1) is 18.3 Å². The van der Waals surface area contributed by atoms with Gasteiger partial charge in [-0.2, -0.15) is 5.10 Å². The molecule has 0 aliphatic heterocycles. The molecule has 2 rings (SSSR count). The van der Waals surface area contributed by atoms with Crippen LogP contribution >= 0.6 is 0 Å². The van der Waals surface area contributed by atoms with Crippen molar-refractivity contribution >= 4 is 5.96 Å². The number of aromatic nitrogens is 2. The lowest BCUT2D eigenvalue weighted by atomic mass is 10.1. The molecular formula is C14H25N5. The van der Waals surface area contributed by atoms with Crippen molar-refractivity contribution in [2.24, 2.45) is 10.7 Å². The van der Waals surface area contributed by atoms with Crippen LogP contribution in [0.15, 0.2) is 17.3 Å². The summed E-state index contributed by atoms with van der Waals surface area (Å²) in [6.45, 7) is 6.72. The molecule has 1 aromatic rings. The second kappa shape index (κ2) is 5.63. The minimum Gasteiger partial charge on any atom is -0.370 e. The summed E-state index contributed by atoms with van der Waals surface area (Å²) in [5.41, 5.74) is 6.76. The molecule has 1 saturated carbocycles. The highest BCUT2D eigenvalue weighted by Gasteiger charge is 2.17. The molecule has 1 fully saturated rings. The van der Waals surface area contributed by atoms with Crippen LogP contribution < -0.4 is 11.1 Å². The molecule has 0 saturated heterocycles. The Morgan fingerprint density at radius 1 is 1.47 bits per heavy atom. The maximum Gasteiger partial charge on any atom is 0.189 e. The van der Waals surface area contributed by atoms with Crippen LogP contribution in [0, 0.1) is 0 Å². The molecule has 19 heavy (non-hydrogen) atoms. The number of hydrogen-bond acceptors (Lipinski definition) is 2. The fourth-order valence-electron chi connectivity index (χ4n) is 2.42. The van der Waals surface area contributed by atoms with E-state index < -0.39 is 0 Å². The predicted octanol–water partition coefficient (Wildman–Crippen LogP) is 2.20. The number of aliphatic imine (C=N–C) groups is 1. The van der Waals surface area contributed by atoms with Crippen LogP contribution in [0.1, 0.15) is 58.2 Å². The third-order valence-corrected chi connectivity index (χ3v) is 3.28. The summed E-state index contributed by atoms with van der Waals surface area (Å²) in [4.78, 5) is 4.33. The first kappa shape index (κ1) is 13.9. The smallest absolute Gasteiger partial charge is 0.189 e. The van der Waals surface area contributed by atoms with E-state index in [2.05, 4.69) is 47.1 Å². The number of guanidine groups is 1. The first-order chi connectivity index (χ1) is 8.94. The Balaban J connectivity index is 1.91. The van der Waals surface area contributed by atoms with Gasteiger partial charge in [0, 0.05) is 11.7 Å². The Bertz CT molecular complexity index is 435. The Kier molecular flexibility index (Phi) is 4.12. The van der Waals surface area contributed by atoms with Crippen molar-refractivity contribution in [1.82, 2.24) is 15.1 Å². The third kappa shape index (κ3) is 4.26. The molecule has 5 nitrogen and oxygen atoms in total. The van der Waals surface area contributed by atoms with E-state index in [1.807, 2.05) is 6.07 Å². The van der Waals surface area contributed by atoms with Crippen molar-refractivity contribution in [2.75, 3.05) is 0 Å². The van der Waals surface area contributed by atoms with Crippen molar-refractivity contribution in [3.63, 3.8) is 0 Å². The van der Waals surface area contributed by atoms with Gasteiger partial charge in [0.1, 0.15) is 0 Å². The maximum absolute atomic E-state index is 5.84. The van der Waals surface area contributed by atoms with E-state index in [0.717, 1.165) is 5.69 Å². The van der Waals surface area contributed by atoms with Crippen molar-refractivity contribution in [3.8, 4) is 0 Å². The van der Waals surface area contributed by atoms with Crippen LogP contribution in [0.4, 0.5) is 0 Å². The highest BCUT2D eigenvalue weighted by molar-refractivity contribution is 5.78. The lowest BCUT2D eigenvalue weighted by molar-refractivity contribution is 0.463. The van der Waals surface area contributed by atoms with E-state index in [4.69, 9.17) is 5.73 Å². The summed E-state index contributed by atoms with van der Waals surface area (Å²) in [7, 11) is 0. The number of hydrogen-bond donors (Lipinski definition) is 2. The first-order valence-electron chi connectivity index (χ1n) is 7.06. The summed E-state index contributed by atoms with van der Waals surface area (Å²) in [6, 6.07) is 2.62. The molecule has 0 atom stereocenters. The molecule has 1 aliphatic rings. The Morgan fingerprint density at radius 3 is 2.79 bits per heavy atom.